The Morgan fingerprint density at radius 3 is 2.63 bits per heavy atom. The third kappa shape index (κ3) is 5.48. The van der Waals surface area contributed by atoms with Gasteiger partial charge < -0.3 is 20.1 Å². The fraction of sp³-hybridized carbons (Fsp3) is 0.323. The molecule has 0 amide bonds. The number of fused-ring (bicyclic) bond motifs is 3. The van der Waals surface area contributed by atoms with Gasteiger partial charge in [-0.2, -0.15) is 9.97 Å². The van der Waals surface area contributed by atoms with E-state index >= 15 is 0 Å². The number of para-hydroxylation sites is 1. The van der Waals surface area contributed by atoms with Crippen molar-refractivity contribution in [1.29, 1.82) is 0 Å². The minimum atomic E-state index is -3.76. The first-order chi connectivity index (χ1) is 20.8. The zero-order valence-corrected chi connectivity index (χ0v) is 25.7. The van der Waals surface area contributed by atoms with Crippen molar-refractivity contribution in [2.45, 2.75) is 36.2 Å². The lowest BCUT2D eigenvalue weighted by Crippen LogP contribution is -2.44. The monoisotopic (exact) mass is 618 g/mol. The van der Waals surface area contributed by atoms with Crippen molar-refractivity contribution in [3.8, 4) is 0 Å². The maximum atomic E-state index is 13.6. The first-order valence-corrected chi connectivity index (χ1v) is 16.2. The Kier molecular flexibility index (Phi) is 8.13. The van der Waals surface area contributed by atoms with Crippen LogP contribution < -0.4 is 19.8 Å². The van der Waals surface area contributed by atoms with E-state index in [-0.39, 0.29) is 16.9 Å². The van der Waals surface area contributed by atoms with Crippen LogP contribution >= 0.6 is 11.6 Å². The molecule has 0 spiro atoms. The van der Waals surface area contributed by atoms with E-state index in [4.69, 9.17) is 21.6 Å². The number of sulfonamides is 1. The second-order valence-electron chi connectivity index (χ2n) is 10.8. The lowest BCUT2D eigenvalue weighted by atomic mass is 9.89. The van der Waals surface area contributed by atoms with Gasteiger partial charge >= 0.3 is 0 Å². The van der Waals surface area contributed by atoms with Gasteiger partial charge in [-0.3, -0.25) is 4.31 Å². The van der Waals surface area contributed by atoms with Crippen molar-refractivity contribution >= 4 is 50.2 Å². The fourth-order valence-electron chi connectivity index (χ4n) is 5.96. The molecule has 0 saturated carbocycles. The molecule has 1 fully saturated rings. The number of imidazole rings is 1. The van der Waals surface area contributed by atoms with E-state index < -0.39 is 10.0 Å². The minimum absolute atomic E-state index is 0.157. The van der Waals surface area contributed by atoms with E-state index in [1.165, 1.54) is 4.31 Å². The lowest BCUT2D eigenvalue weighted by Gasteiger charge is -2.33. The molecule has 2 aromatic carbocycles. The van der Waals surface area contributed by atoms with Crippen molar-refractivity contribution in [3.05, 3.63) is 90.3 Å². The van der Waals surface area contributed by atoms with Crippen LogP contribution in [0.25, 0.3) is 11.2 Å². The lowest BCUT2D eigenvalue weighted by molar-refractivity contribution is 0.407. The van der Waals surface area contributed by atoms with Gasteiger partial charge in [-0.05, 0) is 42.2 Å². The summed E-state index contributed by atoms with van der Waals surface area (Å²) in [7, 11) is -2.15. The molecular formula is C31H35ClN8O2S. The molecule has 224 valence electrons. The number of hydrogen-bond acceptors (Lipinski definition) is 8. The molecule has 4 heterocycles. The van der Waals surface area contributed by atoms with Gasteiger partial charge in [0.1, 0.15) is 0 Å². The second-order valence-corrected chi connectivity index (χ2v) is 13.2. The molecule has 0 bridgehead atoms. The molecule has 4 aromatic rings. The summed E-state index contributed by atoms with van der Waals surface area (Å²) in [6, 6.07) is 13.1. The molecule has 2 aromatic heterocycles. The Labute approximate surface area is 257 Å². The van der Waals surface area contributed by atoms with Gasteiger partial charge in [0.05, 0.1) is 16.9 Å². The standard InChI is InChI=1S/C31H35ClN8O2S/c1-4-14-33-29-28-30(40(15-5-2)20-35-28)37-31(36-29)39-16-12-22(13-17-39)34-19-25-23-8-6-7-9-26(23)38(3)43(41,42)27-18-21(32)10-11-24(25)27/h4-11,18,20,22,25,34H,1-2,12-17,19H2,3H3,(H,33,36,37). The average molecular weight is 619 g/mol. The van der Waals surface area contributed by atoms with E-state index in [0.29, 0.717) is 42.1 Å². The number of nitrogens with one attached hydrogen (secondary N) is 2. The maximum Gasteiger partial charge on any atom is 0.264 e. The largest absolute Gasteiger partial charge is 0.365 e. The highest BCUT2D eigenvalue weighted by Crippen LogP contribution is 2.42. The third-order valence-electron chi connectivity index (χ3n) is 8.22. The topological polar surface area (TPSA) is 108 Å². The molecule has 0 radical (unpaired) electrons. The summed E-state index contributed by atoms with van der Waals surface area (Å²) in [6.07, 6.45) is 7.16. The van der Waals surface area contributed by atoms with Crippen LogP contribution in [-0.2, 0) is 16.6 Å². The molecule has 1 saturated heterocycles. The van der Waals surface area contributed by atoms with E-state index in [1.54, 1.807) is 31.6 Å². The molecule has 0 aliphatic carbocycles. The average Bonchev–Trinajstić information content (AvgIpc) is 3.41. The predicted molar refractivity (Wildman–Crippen MR) is 173 cm³/mol. The number of hydrogen-bond donors (Lipinski definition) is 2. The van der Waals surface area contributed by atoms with Crippen molar-refractivity contribution in [2.75, 3.05) is 47.7 Å². The van der Waals surface area contributed by atoms with Gasteiger partial charge in [0.25, 0.3) is 10.0 Å². The quantitative estimate of drug-likeness (QED) is 0.258. The minimum Gasteiger partial charge on any atom is -0.365 e. The van der Waals surface area contributed by atoms with Crippen molar-refractivity contribution in [1.82, 2.24) is 24.8 Å². The van der Waals surface area contributed by atoms with Crippen LogP contribution in [0.1, 0.15) is 29.9 Å². The Balaban J connectivity index is 1.21. The molecule has 2 aliphatic heterocycles. The van der Waals surface area contributed by atoms with Crippen LogP contribution in [0.15, 0.2) is 79.0 Å². The van der Waals surface area contributed by atoms with Crippen molar-refractivity contribution in [2.24, 2.45) is 0 Å². The molecule has 1 unspecified atom stereocenters. The number of nitrogens with zero attached hydrogens (tertiary/aromatic N) is 6. The van der Waals surface area contributed by atoms with Gasteiger partial charge in [0.2, 0.25) is 5.95 Å². The van der Waals surface area contributed by atoms with Gasteiger partial charge in [0.15, 0.2) is 17.0 Å². The first kappa shape index (κ1) is 29.2. The van der Waals surface area contributed by atoms with Gasteiger partial charge in [0, 0.05) is 56.8 Å². The van der Waals surface area contributed by atoms with E-state index in [2.05, 4.69) is 33.7 Å². The summed E-state index contributed by atoms with van der Waals surface area (Å²) in [6.45, 7) is 11.0. The zero-order chi connectivity index (χ0) is 30.1. The van der Waals surface area contributed by atoms with Crippen LogP contribution in [0.3, 0.4) is 0 Å². The molecular weight excluding hydrogens is 584 g/mol. The number of anilines is 3. The summed E-state index contributed by atoms with van der Waals surface area (Å²) in [5.41, 5.74) is 3.89. The summed E-state index contributed by atoms with van der Waals surface area (Å²) in [5, 5.41) is 7.46. The fourth-order valence-corrected chi connectivity index (χ4v) is 7.70. The molecule has 43 heavy (non-hydrogen) atoms. The highest BCUT2D eigenvalue weighted by molar-refractivity contribution is 7.92. The van der Waals surface area contributed by atoms with Crippen LogP contribution in [0, 0.1) is 0 Å². The van der Waals surface area contributed by atoms with Crippen LogP contribution in [0.4, 0.5) is 17.5 Å². The Bertz CT molecular complexity index is 1780. The zero-order valence-electron chi connectivity index (χ0n) is 24.1. The van der Waals surface area contributed by atoms with Crippen molar-refractivity contribution in [3.63, 3.8) is 0 Å². The SMILES string of the molecule is C=CCNc1nc(N2CCC(NCC3c4ccccc4N(C)S(=O)(=O)c4cc(Cl)ccc43)CC2)nc2c1ncn2CC=C. The second kappa shape index (κ2) is 12.0. The molecule has 1 atom stereocenters. The van der Waals surface area contributed by atoms with E-state index in [0.717, 1.165) is 48.2 Å². The van der Waals surface area contributed by atoms with Crippen LogP contribution in [-0.4, -0.2) is 67.2 Å². The predicted octanol–water partition coefficient (Wildman–Crippen LogP) is 4.79. The first-order valence-electron chi connectivity index (χ1n) is 14.4. The number of halogens is 1. The van der Waals surface area contributed by atoms with E-state index in [9.17, 15) is 8.42 Å². The Hall–Kier alpha value is -3.93. The van der Waals surface area contributed by atoms with E-state index in [1.807, 2.05) is 41.0 Å². The van der Waals surface area contributed by atoms with Gasteiger partial charge in [-0.15, -0.1) is 13.2 Å². The number of rotatable bonds is 9. The maximum absolute atomic E-state index is 13.6. The third-order valence-corrected chi connectivity index (χ3v) is 10.3. The smallest absolute Gasteiger partial charge is 0.264 e. The molecule has 2 N–H and O–H groups in total. The summed E-state index contributed by atoms with van der Waals surface area (Å²) >= 11 is 6.28. The number of aromatic nitrogens is 4. The summed E-state index contributed by atoms with van der Waals surface area (Å²) < 4.78 is 30.5. The molecule has 6 rings (SSSR count). The number of allylic oxidation sites excluding steroid dienone is 1. The van der Waals surface area contributed by atoms with Crippen LogP contribution in [0.2, 0.25) is 5.02 Å². The highest BCUT2D eigenvalue weighted by atomic mass is 35.5. The Morgan fingerprint density at radius 2 is 1.86 bits per heavy atom. The molecule has 2 aliphatic rings. The van der Waals surface area contributed by atoms with Crippen LogP contribution in [0.5, 0.6) is 0 Å². The summed E-state index contributed by atoms with van der Waals surface area (Å²) in [5.74, 6) is 1.20. The van der Waals surface area contributed by atoms with Gasteiger partial charge in [-0.25, -0.2) is 13.4 Å². The van der Waals surface area contributed by atoms with Crippen molar-refractivity contribution < 1.29 is 8.42 Å². The van der Waals surface area contributed by atoms with Gasteiger partial charge in [-0.1, -0.05) is 48.0 Å². The molecule has 10 nitrogen and oxygen atoms in total. The number of piperidine rings is 1. The molecule has 12 heteroatoms. The Morgan fingerprint density at radius 1 is 1.07 bits per heavy atom. The summed E-state index contributed by atoms with van der Waals surface area (Å²) in [4.78, 5) is 16.7. The highest BCUT2D eigenvalue weighted by Gasteiger charge is 2.35. The number of benzene rings is 2. The normalized spacial score (nSPS) is 18.1.